The number of ether oxygens (including phenoxy) is 2. The van der Waals surface area contributed by atoms with Crippen molar-refractivity contribution >= 4 is 5.91 Å². The van der Waals surface area contributed by atoms with Crippen LogP contribution in [0.3, 0.4) is 0 Å². The molecule has 1 saturated heterocycles. The van der Waals surface area contributed by atoms with Gasteiger partial charge in [-0.3, -0.25) is 4.79 Å². The van der Waals surface area contributed by atoms with Crippen LogP contribution in [0.4, 0.5) is 0 Å². The summed E-state index contributed by atoms with van der Waals surface area (Å²) >= 11 is 0. The highest BCUT2D eigenvalue weighted by Crippen LogP contribution is 2.22. The van der Waals surface area contributed by atoms with Crippen LogP contribution < -0.4 is 5.32 Å². The Morgan fingerprint density at radius 2 is 1.02 bits per heavy atom. The maximum atomic E-state index is 13.0. The first kappa shape index (κ1) is 56.4. The summed E-state index contributed by atoms with van der Waals surface area (Å²) < 4.78 is 11.2. The van der Waals surface area contributed by atoms with Crippen molar-refractivity contribution in [3.8, 4) is 0 Å². The Kier molecular flexibility index (Phi) is 38.3. The number of aliphatic hydroxyl groups is 5. The molecule has 0 aliphatic carbocycles. The van der Waals surface area contributed by atoms with Crippen molar-refractivity contribution < 1.29 is 39.8 Å². The highest BCUT2D eigenvalue weighted by molar-refractivity contribution is 5.76. The van der Waals surface area contributed by atoms with Crippen molar-refractivity contribution in [2.45, 2.75) is 224 Å². The summed E-state index contributed by atoms with van der Waals surface area (Å²) in [5.74, 6) is -0.205. The third kappa shape index (κ3) is 31.8. The van der Waals surface area contributed by atoms with E-state index in [1.54, 1.807) is 6.08 Å². The quantitative estimate of drug-likeness (QED) is 0.0264. The number of carbonyl (C=O) groups excluding carboxylic acids is 1. The number of nitrogens with one attached hydrogen (secondary N) is 1. The van der Waals surface area contributed by atoms with E-state index in [-0.39, 0.29) is 12.5 Å². The van der Waals surface area contributed by atoms with E-state index in [0.717, 1.165) is 89.9 Å². The topological polar surface area (TPSA) is 149 Å². The van der Waals surface area contributed by atoms with Crippen LogP contribution in [0.25, 0.3) is 0 Å². The first-order valence-corrected chi connectivity index (χ1v) is 24.3. The summed E-state index contributed by atoms with van der Waals surface area (Å²) in [5, 5.41) is 54.2. The molecule has 1 heterocycles. The predicted octanol–water partition coefficient (Wildman–Crippen LogP) is 10.7. The highest BCUT2D eigenvalue weighted by Gasteiger charge is 2.44. The predicted molar refractivity (Wildman–Crippen MR) is 253 cm³/mol. The second-order valence-corrected chi connectivity index (χ2v) is 16.5. The van der Waals surface area contributed by atoms with Crippen LogP contribution in [0.5, 0.6) is 0 Å². The Balaban J connectivity index is 2.36. The van der Waals surface area contributed by atoms with Gasteiger partial charge in [0.1, 0.15) is 24.4 Å². The van der Waals surface area contributed by atoms with E-state index in [4.69, 9.17) is 9.47 Å². The molecule has 0 radical (unpaired) electrons. The molecule has 9 heteroatoms. The summed E-state index contributed by atoms with van der Waals surface area (Å²) in [4.78, 5) is 13.0. The van der Waals surface area contributed by atoms with E-state index in [0.29, 0.717) is 6.42 Å². The van der Waals surface area contributed by atoms with E-state index in [2.05, 4.69) is 92.1 Å². The fraction of sp³-hybridized carbons (Fsp3) is 0.712. The van der Waals surface area contributed by atoms with Crippen LogP contribution >= 0.6 is 0 Å². The molecule has 61 heavy (non-hydrogen) atoms. The maximum absolute atomic E-state index is 13.0. The minimum Gasteiger partial charge on any atom is -0.394 e. The summed E-state index contributed by atoms with van der Waals surface area (Å²) in [6.45, 7) is 3.63. The van der Waals surface area contributed by atoms with E-state index >= 15 is 0 Å². The van der Waals surface area contributed by atoms with Gasteiger partial charge >= 0.3 is 0 Å². The first-order chi connectivity index (χ1) is 29.8. The van der Waals surface area contributed by atoms with Gasteiger partial charge in [0, 0.05) is 6.42 Å². The van der Waals surface area contributed by atoms with Crippen molar-refractivity contribution in [1.29, 1.82) is 0 Å². The van der Waals surface area contributed by atoms with Crippen LogP contribution in [0, 0.1) is 0 Å². The molecule has 0 aromatic heterocycles. The SMILES string of the molecule is CC/C=C\C/C=C\C/C=C\C/C=C\C/C=C\C/C=C\CCCCCCC(=O)NC(COC1OC(CO)C(O)C(O)C1O)C(O)/C=C/CCCCCCCCCCCCCCC. The van der Waals surface area contributed by atoms with Crippen molar-refractivity contribution in [3.63, 3.8) is 0 Å². The summed E-state index contributed by atoms with van der Waals surface area (Å²) in [5.41, 5.74) is 0. The summed E-state index contributed by atoms with van der Waals surface area (Å²) in [6, 6.07) is -0.823. The van der Waals surface area contributed by atoms with Gasteiger partial charge in [-0.25, -0.2) is 0 Å². The molecule has 1 rings (SSSR count). The lowest BCUT2D eigenvalue weighted by Gasteiger charge is -2.40. The molecule has 0 aromatic rings. The summed E-state index contributed by atoms with van der Waals surface area (Å²) in [7, 11) is 0. The number of hydrogen-bond donors (Lipinski definition) is 6. The molecule has 6 N–H and O–H groups in total. The maximum Gasteiger partial charge on any atom is 0.220 e. The van der Waals surface area contributed by atoms with E-state index in [1.807, 2.05) is 6.08 Å². The van der Waals surface area contributed by atoms with Crippen LogP contribution in [0.1, 0.15) is 181 Å². The first-order valence-electron chi connectivity index (χ1n) is 24.3. The third-order valence-corrected chi connectivity index (χ3v) is 11.0. The Bertz CT molecular complexity index is 1220. The summed E-state index contributed by atoms with van der Waals surface area (Å²) in [6.07, 6.45) is 50.5. The van der Waals surface area contributed by atoms with Crippen LogP contribution in [-0.2, 0) is 14.3 Å². The molecule has 1 amide bonds. The van der Waals surface area contributed by atoms with Gasteiger partial charge < -0.3 is 40.3 Å². The molecule has 1 aliphatic rings. The Hall–Kier alpha value is -2.63. The lowest BCUT2D eigenvalue weighted by molar-refractivity contribution is -0.302. The second-order valence-electron chi connectivity index (χ2n) is 16.5. The minimum absolute atomic E-state index is 0.204. The highest BCUT2D eigenvalue weighted by atomic mass is 16.7. The van der Waals surface area contributed by atoms with Crippen molar-refractivity contribution in [1.82, 2.24) is 5.32 Å². The van der Waals surface area contributed by atoms with Gasteiger partial charge in [0.15, 0.2) is 6.29 Å². The fourth-order valence-electron chi connectivity index (χ4n) is 7.10. The van der Waals surface area contributed by atoms with Gasteiger partial charge in [0.05, 0.1) is 25.4 Å². The van der Waals surface area contributed by atoms with E-state index in [1.165, 1.54) is 70.6 Å². The smallest absolute Gasteiger partial charge is 0.220 e. The minimum atomic E-state index is -1.58. The van der Waals surface area contributed by atoms with Crippen LogP contribution in [0.2, 0.25) is 0 Å². The van der Waals surface area contributed by atoms with Gasteiger partial charge in [-0.1, -0.05) is 189 Å². The van der Waals surface area contributed by atoms with Crippen LogP contribution in [-0.4, -0.2) is 87.5 Å². The molecular weight excluding hydrogens is 767 g/mol. The van der Waals surface area contributed by atoms with Crippen LogP contribution in [0.15, 0.2) is 85.1 Å². The molecular formula is C52H89NO8. The molecule has 7 atom stereocenters. The van der Waals surface area contributed by atoms with E-state index in [9.17, 15) is 30.3 Å². The molecule has 350 valence electrons. The molecule has 9 nitrogen and oxygen atoms in total. The van der Waals surface area contributed by atoms with Gasteiger partial charge in [-0.15, -0.1) is 0 Å². The molecule has 1 fully saturated rings. The van der Waals surface area contributed by atoms with Gasteiger partial charge in [-0.2, -0.15) is 0 Å². The normalized spacial score (nSPS) is 21.2. The fourth-order valence-corrected chi connectivity index (χ4v) is 7.10. The zero-order valence-corrected chi connectivity index (χ0v) is 38.4. The third-order valence-electron chi connectivity index (χ3n) is 11.0. The zero-order valence-electron chi connectivity index (χ0n) is 38.4. The Morgan fingerprint density at radius 1 is 0.574 bits per heavy atom. The number of allylic oxidation sites excluding steroid dienone is 13. The monoisotopic (exact) mass is 856 g/mol. The van der Waals surface area contributed by atoms with Gasteiger partial charge in [-0.05, 0) is 70.6 Å². The molecule has 0 saturated carbocycles. The molecule has 0 spiro atoms. The Morgan fingerprint density at radius 3 is 1.51 bits per heavy atom. The van der Waals surface area contributed by atoms with Crippen molar-refractivity contribution in [3.05, 3.63) is 85.1 Å². The number of unbranched alkanes of at least 4 members (excludes halogenated alkanes) is 17. The molecule has 1 aliphatic heterocycles. The van der Waals surface area contributed by atoms with Gasteiger partial charge in [0.2, 0.25) is 5.91 Å². The Labute approximate surface area is 371 Å². The van der Waals surface area contributed by atoms with Crippen molar-refractivity contribution in [2.75, 3.05) is 13.2 Å². The lowest BCUT2D eigenvalue weighted by atomic mass is 9.99. The average Bonchev–Trinajstić information content (AvgIpc) is 3.26. The number of amides is 1. The van der Waals surface area contributed by atoms with Crippen molar-refractivity contribution in [2.24, 2.45) is 0 Å². The van der Waals surface area contributed by atoms with Gasteiger partial charge in [0.25, 0.3) is 0 Å². The molecule has 0 aromatic carbocycles. The lowest BCUT2D eigenvalue weighted by Crippen LogP contribution is -2.60. The number of carbonyl (C=O) groups is 1. The molecule has 0 bridgehead atoms. The number of aliphatic hydroxyl groups excluding tert-OH is 5. The molecule has 7 unspecified atom stereocenters. The number of rotatable bonds is 39. The average molecular weight is 856 g/mol. The zero-order chi connectivity index (χ0) is 44.4. The standard InChI is InChI=1S/C52H89NO8/c1-3-5-7-9-11-13-15-17-19-20-21-22-23-24-25-26-28-30-32-34-36-38-40-42-48(56)53-45(44-60-52-51(59)50(58)49(57)47(43-54)61-52)46(55)41-39-37-35-33-31-29-27-18-16-14-12-10-8-6-4-2/h5,7,11,13,17,19,21-22,24-25,28,30,39,41,45-47,49-52,54-55,57-59H,3-4,6,8-10,12,14-16,18,20,23,26-27,29,31-38,40,42-44H2,1-2H3,(H,53,56)/b7-5-,13-11-,19-17-,22-21-,25-24-,30-28-,41-39+. The second kappa shape index (κ2) is 41.4. The number of hydrogen-bond acceptors (Lipinski definition) is 8. The van der Waals surface area contributed by atoms with E-state index < -0.39 is 49.5 Å². The largest absolute Gasteiger partial charge is 0.394 e.